The molecular weight excluding hydrogens is 406 g/mol. The number of nitro benzene ring substituents is 1. The summed E-state index contributed by atoms with van der Waals surface area (Å²) in [6.07, 6.45) is 1.60. The highest BCUT2D eigenvalue weighted by Gasteiger charge is 2.15. The smallest absolute Gasteiger partial charge is 0.276 e. The van der Waals surface area contributed by atoms with Gasteiger partial charge in [0.15, 0.2) is 5.69 Å². The Labute approximate surface area is 184 Å². The molecule has 0 aliphatic rings. The quantitative estimate of drug-likeness (QED) is 0.342. The second-order valence-corrected chi connectivity index (χ2v) is 7.24. The summed E-state index contributed by atoms with van der Waals surface area (Å²) >= 11 is 0. The van der Waals surface area contributed by atoms with E-state index in [1.54, 1.807) is 24.4 Å². The van der Waals surface area contributed by atoms with Crippen LogP contribution in [0.4, 0.5) is 17.1 Å². The van der Waals surface area contributed by atoms with Gasteiger partial charge in [0.2, 0.25) is 0 Å². The second kappa shape index (κ2) is 9.13. The topological polar surface area (TPSA) is 93.3 Å². The highest BCUT2D eigenvalue weighted by Crippen LogP contribution is 2.26. The van der Waals surface area contributed by atoms with Crippen molar-refractivity contribution >= 4 is 23.0 Å². The highest BCUT2D eigenvalue weighted by molar-refractivity contribution is 6.04. The van der Waals surface area contributed by atoms with E-state index >= 15 is 0 Å². The summed E-state index contributed by atoms with van der Waals surface area (Å²) in [6, 6.07) is 25.3. The number of nitrogens with one attached hydrogen (secondary N) is 1. The fourth-order valence-corrected chi connectivity index (χ4v) is 3.38. The van der Waals surface area contributed by atoms with Gasteiger partial charge in [0, 0.05) is 31.9 Å². The summed E-state index contributed by atoms with van der Waals surface area (Å²) in [6.45, 7) is 0.690. The zero-order valence-corrected chi connectivity index (χ0v) is 17.4. The lowest BCUT2D eigenvalue weighted by Gasteiger charge is -2.22. The van der Waals surface area contributed by atoms with Crippen molar-refractivity contribution in [2.45, 2.75) is 6.54 Å². The monoisotopic (exact) mass is 427 g/mol. The van der Waals surface area contributed by atoms with Crippen LogP contribution >= 0.6 is 0 Å². The molecule has 3 aromatic carbocycles. The first-order valence-electron chi connectivity index (χ1n) is 9.97. The molecule has 0 aliphatic carbocycles. The molecule has 0 fully saturated rings. The van der Waals surface area contributed by atoms with E-state index in [-0.39, 0.29) is 17.3 Å². The van der Waals surface area contributed by atoms with E-state index in [0.717, 1.165) is 11.3 Å². The average molecular weight is 427 g/mol. The van der Waals surface area contributed by atoms with Crippen molar-refractivity contribution in [2.24, 2.45) is 0 Å². The number of amides is 1. The van der Waals surface area contributed by atoms with Gasteiger partial charge in [-0.1, -0.05) is 48.5 Å². The van der Waals surface area contributed by atoms with Gasteiger partial charge in [-0.3, -0.25) is 14.9 Å². The minimum atomic E-state index is -0.469. The number of non-ortho nitro benzene ring substituents is 1. The minimum absolute atomic E-state index is 0.0422. The van der Waals surface area contributed by atoms with Crippen molar-refractivity contribution in [3.05, 3.63) is 112 Å². The van der Waals surface area contributed by atoms with Crippen LogP contribution in [0.2, 0.25) is 0 Å². The summed E-state index contributed by atoms with van der Waals surface area (Å²) in [5, 5.41) is 18.2. The highest BCUT2D eigenvalue weighted by atomic mass is 16.6. The molecule has 8 nitrogen and oxygen atoms in total. The Hall–Kier alpha value is -4.46. The first kappa shape index (κ1) is 20.8. The normalized spacial score (nSPS) is 10.5. The third-order valence-corrected chi connectivity index (χ3v) is 4.95. The summed E-state index contributed by atoms with van der Waals surface area (Å²) < 4.78 is 1.44. The van der Waals surface area contributed by atoms with Crippen molar-refractivity contribution < 1.29 is 9.72 Å². The number of anilines is 2. The van der Waals surface area contributed by atoms with E-state index in [1.807, 2.05) is 49.5 Å². The van der Waals surface area contributed by atoms with Crippen LogP contribution in [0.5, 0.6) is 0 Å². The molecule has 0 atom stereocenters. The minimum Gasteiger partial charge on any atom is -0.369 e. The molecule has 8 heteroatoms. The molecule has 4 rings (SSSR count). The van der Waals surface area contributed by atoms with Gasteiger partial charge in [0.05, 0.1) is 22.0 Å². The van der Waals surface area contributed by atoms with Crippen LogP contribution in [-0.4, -0.2) is 27.7 Å². The maximum atomic E-state index is 12.9. The van der Waals surface area contributed by atoms with Gasteiger partial charge in [-0.15, -0.1) is 0 Å². The van der Waals surface area contributed by atoms with Gasteiger partial charge < -0.3 is 10.2 Å². The van der Waals surface area contributed by atoms with Crippen molar-refractivity contribution in [1.29, 1.82) is 0 Å². The fourth-order valence-electron chi connectivity index (χ4n) is 3.38. The second-order valence-electron chi connectivity index (χ2n) is 7.24. The Morgan fingerprint density at radius 1 is 1.03 bits per heavy atom. The molecule has 0 unspecified atom stereocenters. The Morgan fingerprint density at radius 3 is 2.56 bits per heavy atom. The Balaban J connectivity index is 1.52. The predicted molar refractivity (Wildman–Crippen MR) is 123 cm³/mol. The standard InChI is InChI=1S/C24H21N5O3/c1-27(17-18-8-3-2-4-9-18)23-13-6-5-12-21(23)25-24(30)22-14-15-28(26-22)19-10-7-11-20(16-19)29(31)32/h2-16H,17H2,1H3,(H,25,30). The lowest BCUT2D eigenvalue weighted by atomic mass is 10.2. The first-order valence-corrected chi connectivity index (χ1v) is 9.97. The van der Waals surface area contributed by atoms with Crippen LogP contribution in [0.25, 0.3) is 5.69 Å². The largest absolute Gasteiger partial charge is 0.369 e. The average Bonchev–Trinajstić information content (AvgIpc) is 3.31. The summed E-state index contributed by atoms with van der Waals surface area (Å²) in [5.74, 6) is -0.366. The van der Waals surface area contributed by atoms with Crippen LogP contribution in [0.1, 0.15) is 16.1 Å². The Morgan fingerprint density at radius 2 is 1.78 bits per heavy atom. The Bertz CT molecular complexity index is 1250. The van der Waals surface area contributed by atoms with E-state index in [4.69, 9.17) is 0 Å². The maximum Gasteiger partial charge on any atom is 0.276 e. The molecule has 0 spiro atoms. The van der Waals surface area contributed by atoms with Crippen LogP contribution < -0.4 is 10.2 Å². The molecule has 0 bridgehead atoms. The van der Waals surface area contributed by atoms with Crippen molar-refractivity contribution in [3.63, 3.8) is 0 Å². The molecule has 1 N–H and O–H groups in total. The van der Waals surface area contributed by atoms with Crippen LogP contribution in [0.3, 0.4) is 0 Å². The van der Waals surface area contributed by atoms with Crippen molar-refractivity contribution in [2.75, 3.05) is 17.3 Å². The predicted octanol–water partition coefficient (Wildman–Crippen LogP) is 4.67. The molecule has 1 heterocycles. The molecule has 0 aliphatic heterocycles. The molecule has 1 aromatic heterocycles. The SMILES string of the molecule is CN(Cc1ccccc1)c1ccccc1NC(=O)c1ccn(-c2cccc([N+](=O)[O-])c2)n1. The number of benzene rings is 3. The van der Waals surface area contributed by atoms with Crippen LogP contribution in [0.15, 0.2) is 91.1 Å². The third kappa shape index (κ3) is 4.65. The van der Waals surface area contributed by atoms with E-state index in [2.05, 4.69) is 27.4 Å². The molecule has 1 amide bonds. The van der Waals surface area contributed by atoms with Crippen LogP contribution in [0, 0.1) is 10.1 Å². The number of nitrogens with zero attached hydrogens (tertiary/aromatic N) is 4. The zero-order chi connectivity index (χ0) is 22.5. The zero-order valence-electron chi connectivity index (χ0n) is 17.4. The van der Waals surface area contributed by atoms with Gasteiger partial charge in [-0.05, 0) is 29.8 Å². The number of para-hydroxylation sites is 2. The van der Waals surface area contributed by atoms with Gasteiger partial charge in [0.1, 0.15) is 0 Å². The molecule has 32 heavy (non-hydrogen) atoms. The van der Waals surface area contributed by atoms with Gasteiger partial charge in [0.25, 0.3) is 11.6 Å². The van der Waals surface area contributed by atoms with Crippen LogP contribution in [-0.2, 0) is 6.54 Å². The van der Waals surface area contributed by atoms with E-state index in [1.165, 1.54) is 16.8 Å². The summed E-state index contributed by atoms with van der Waals surface area (Å²) in [4.78, 5) is 25.5. The number of nitro groups is 1. The van der Waals surface area contributed by atoms with Crippen molar-refractivity contribution in [1.82, 2.24) is 9.78 Å². The molecule has 0 saturated carbocycles. The number of carbonyl (C=O) groups is 1. The number of carbonyl (C=O) groups excluding carboxylic acids is 1. The number of rotatable bonds is 7. The molecule has 4 aromatic rings. The van der Waals surface area contributed by atoms with Gasteiger partial charge in [-0.2, -0.15) is 5.10 Å². The number of hydrogen-bond donors (Lipinski definition) is 1. The maximum absolute atomic E-state index is 12.9. The summed E-state index contributed by atoms with van der Waals surface area (Å²) in [5.41, 5.74) is 3.37. The van der Waals surface area contributed by atoms with Gasteiger partial charge >= 0.3 is 0 Å². The first-order chi connectivity index (χ1) is 15.5. The molecule has 0 radical (unpaired) electrons. The molecular formula is C24H21N5O3. The molecule has 160 valence electrons. The fraction of sp³-hybridized carbons (Fsp3) is 0.0833. The van der Waals surface area contributed by atoms with E-state index in [9.17, 15) is 14.9 Å². The van der Waals surface area contributed by atoms with E-state index < -0.39 is 4.92 Å². The van der Waals surface area contributed by atoms with E-state index in [0.29, 0.717) is 17.9 Å². The van der Waals surface area contributed by atoms with Gasteiger partial charge in [-0.25, -0.2) is 4.68 Å². The van der Waals surface area contributed by atoms with Crippen molar-refractivity contribution in [3.8, 4) is 5.69 Å². The lowest BCUT2D eigenvalue weighted by molar-refractivity contribution is -0.384. The Kier molecular flexibility index (Phi) is 5.94. The lowest BCUT2D eigenvalue weighted by Crippen LogP contribution is -2.20. The summed E-state index contributed by atoms with van der Waals surface area (Å²) in [7, 11) is 1.97. The number of aromatic nitrogens is 2. The molecule has 0 saturated heterocycles. The third-order valence-electron chi connectivity index (χ3n) is 4.95. The number of hydrogen-bond acceptors (Lipinski definition) is 5.